The molecular weight excluding hydrogens is 380 g/mol. The van der Waals surface area contributed by atoms with Crippen molar-refractivity contribution in [2.45, 2.75) is 45.9 Å². The predicted molar refractivity (Wildman–Crippen MR) is 128 cm³/mol. The number of hydrogen-bond acceptors (Lipinski definition) is 3. The molecule has 3 nitrogen and oxygen atoms in total. The van der Waals surface area contributed by atoms with E-state index in [2.05, 4.69) is 98.5 Å². The molecule has 31 heavy (non-hydrogen) atoms. The summed E-state index contributed by atoms with van der Waals surface area (Å²) in [6.45, 7) is 7.04. The quantitative estimate of drug-likeness (QED) is 0.439. The normalized spacial score (nSPS) is 23.1. The maximum Gasteiger partial charge on any atom is 0.142 e. The van der Waals surface area contributed by atoms with Gasteiger partial charge >= 0.3 is 0 Å². The van der Waals surface area contributed by atoms with Crippen molar-refractivity contribution in [3.63, 3.8) is 0 Å². The Morgan fingerprint density at radius 3 is 2.03 bits per heavy atom. The summed E-state index contributed by atoms with van der Waals surface area (Å²) in [7, 11) is 2.24. The fraction of sp³-hybridized carbons (Fsp3) is 0.321. The maximum atomic E-state index is 5.84. The number of benzene rings is 3. The van der Waals surface area contributed by atoms with E-state index in [0.29, 0.717) is 6.61 Å². The molecule has 1 heterocycles. The van der Waals surface area contributed by atoms with Crippen molar-refractivity contribution in [2.24, 2.45) is 11.1 Å². The van der Waals surface area contributed by atoms with Crippen molar-refractivity contribution >= 4 is 5.71 Å². The van der Waals surface area contributed by atoms with E-state index in [1.165, 1.54) is 22.3 Å². The lowest BCUT2D eigenvalue weighted by atomic mass is 9.79. The van der Waals surface area contributed by atoms with Gasteiger partial charge in [-0.25, -0.2) is 0 Å². The minimum atomic E-state index is 0.250. The van der Waals surface area contributed by atoms with Gasteiger partial charge in [-0.05, 0) is 37.6 Å². The zero-order chi connectivity index (χ0) is 21.8. The van der Waals surface area contributed by atoms with E-state index in [-0.39, 0.29) is 18.0 Å². The summed E-state index contributed by atoms with van der Waals surface area (Å²) in [6.07, 6.45) is 0.873. The predicted octanol–water partition coefficient (Wildman–Crippen LogP) is 6.63. The first-order valence-electron chi connectivity index (χ1n) is 11.1. The highest BCUT2D eigenvalue weighted by atomic mass is 16.6. The van der Waals surface area contributed by atoms with E-state index < -0.39 is 0 Å². The fourth-order valence-electron chi connectivity index (χ4n) is 4.57. The molecule has 1 aliphatic rings. The van der Waals surface area contributed by atoms with Gasteiger partial charge in [0, 0.05) is 24.4 Å². The summed E-state index contributed by atoms with van der Waals surface area (Å²) in [4.78, 5) is 8.35. The van der Waals surface area contributed by atoms with Gasteiger partial charge in [-0.3, -0.25) is 4.90 Å². The van der Waals surface area contributed by atoms with E-state index in [1.807, 2.05) is 18.2 Å². The van der Waals surface area contributed by atoms with Gasteiger partial charge in [-0.2, -0.15) is 0 Å². The van der Waals surface area contributed by atoms with Gasteiger partial charge in [-0.1, -0.05) is 102 Å². The summed E-state index contributed by atoms with van der Waals surface area (Å²) in [5.41, 5.74) is 7.49. The van der Waals surface area contributed by atoms with Crippen molar-refractivity contribution in [1.29, 1.82) is 0 Å². The van der Waals surface area contributed by atoms with Crippen LogP contribution in [-0.2, 0) is 11.4 Å². The van der Waals surface area contributed by atoms with Crippen LogP contribution in [0.4, 0.5) is 0 Å². The zero-order valence-corrected chi connectivity index (χ0v) is 19.0. The highest BCUT2D eigenvalue weighted by molar-refractivity contribution is 5.88. The van der Waals surface area contributed by atoms with Crippen LogP contribution >= 0.6 is 0 Å². The molecule has 1 aliphatic heterocycles. The van der Waals surface area contributed by atoms with Crippen LogP contribution in [0.1, 0.15) is 53.2 Å². The molecule has 0 aromatic heterocycles. The molecular formula is C28H32N2O. The topological polar surface area (TPSA) is 24.8 Å². The molecule has 0 saturated carbocycles. The third-order valence-corrected chi connectivity index (χ3v) is 6.47. The van der Waals surface area contributed by atoms with Crippen LogP contribution in [0.15, 0.2) is 84.0 Å². The molecule has 1 saturated heterocycles. The number of rotatable bonds is 5. The van der Waals surface area contributed by atoms with E-state index >= 15 is 0 Å². The molecule has 0 aliphatic carbocycles. The second-order valence-electron chi connectivity index (χ2n) is 8.78. The standard InChI is InChI=1S/C28H32N2O/c1-20-10-14-24(15-11-20)27-18-26(29-31-19-23-8-6-5-7-9-23)22(3)28(30(27)4)25-16-12-21(2)13-17-25/h5-17,22,27-28H,18-19H2,1-4H3/b29-26-. The zero-order valence-electron chi connectivity index (χ0n) is 19.0. The average molecular weight is 413 g/mol. The van der Waals surface area contributed by atoms with E-state index in [9.17, 15) is 0 Å². The van der Waals surface area contributed by atoms with Crippen LogP contribution < -0.4 is 0 Å². The summed E-state index contributed by atoms with van der Waals surface area (Å²) >= 11 is 0. The number of piperidine rings is 1. The summed E-state index contributed by atoms with van der Waals surface area (Å²) < 4.78 is 0. The van der Waals surface area contributed by atoms with Crippen molar-refractivity contribution in [1.82, 2.24) is 4.90 Å². The molecule has 3 unspecified atom stereocenters. The Bertz CT molecular complexity index is 1010. The molecule has 3 atom stereocenters. The molecule has 0 amide bonds. The highest BCUT2D eigenvalue weighted by Gasteiger charge is 2.38. The first-order valence-corrected chi connectivity index (χ1v) is 11.1. The van der Waals surface area contributed by atoms with Crippen molar-refractivity contribution < 1.29 is 4.84 Å². The Hall–Kier alpha value is -2.91. The lowest BCUT2D eigenvalue weighted by Crippen LogP contribution is -2.42. The molecule has 0 bridgehead atoms. The second kappa shape index (κ2) is 9.49. The minimum Gasteiger partial charge on any atom is -0.391 e. The monoisotopic (exact) mass is 412 g/mol. The third-order valence-electron chi connectivity index (χ3n) is 6.47. The molecule has 0 spiro atoms. The fourth-order valence-corrected chi connectivity index (χ4v) is 4.57. The highest BCUT2D eigenvalue weighted by Crippen LogP contribution is 2.42. The maximum absolute atomic E-state index is 5.84. The Balaban J connectivity index is 1.64. The molecule has 160 valence electrons. The average Bonchev–Trinajstić information content (AvgIpc) is 2.78. The number of likely N-dealkylation sites (tertiary alicyclic amines) is 1. The molecule has 4 rings (SSSR count). The van der Waals surface area contributed by atoms with E-state index in [4.69, 9.17) is 4.84 Å². The van der Waals surface area contributed by atoms with Crippen molar-refractivity contribution in [2.75, 3.05) is 7.05 Å². The second-order valence-corrected chi connectivity index (χ2v) is 8.78. The summed E-state index contributed by atoms with van der Waals surface area (Å²) in [5, 5.41) is 4.67. The molecule has 0 radical (unpaired) electrons. The van der Waals surface area contributed by atoms with Gasteiger partial charge in [0.25, 0.3) is 0 Å². The largest absolute Gasteiger partial charge is 0.391 e. The Morgan fingerprint density at radius 1 is 0.839 bits per heavy atom. The molecule has 3 aromatic rings. The number of nitrogens with zero attached hydrogens (tertiary/aromatic N) is 2. The third kappa shape index (κ3) is 4.88. The minimum absolute atomic E-state index is 0.250. The smallest absolute Gasteiger partial charge is 0.142 e. The van der Waals surface area contributed by atoms with Gasteiger partial charge in [0.1, 0.15) is 6.61 Å². The summed E-state index contributed by atoms with van der Waals surface area (Å²) in [6, 6.07) is 28.6. The van der Waals surface area contributed by atoms with Crippen molar-refractivity contribution in [3.05, 3.63) is 107 Å². The van der Waals surface area contributed by atoms with Gasteiger partial charge < -0.3 is 4.84 Å². The van der Waals surface area contributed by atoms with Crippen LogP contribution in [0.3, 0.4) is 0 Å². The molecule has 3 heteroatoms. The molecule has 0 N–H and O–H groups in total. The first kappa shape index (κ1) is 21.3. The van der Waals surface area contributed by atoms with Crippen LogP contribution in [-0.4, -0.2) is 17.7 Å². The number of oxime groups is 1. The Morgan fingerprint density at radius 2 is 1.42 bits per heavy atom. The van der Waals surface area contributed by atoms with Gasteiger partial charge in [0.2, 0.25) is 0 Å². The van der Waals surface area contributed by atoms with Crippen LogP contribution in [0, 0.1) is 19.8 Å². The lowest BCUT2D eigenvalue weighted by molar-refractivity contribution is 0.105. The first-order chi connectivity index (χ1) is 15.0. The van der Waals surface area contributed by atoms with Gasteiger partial charge in [0.05, 0.1) is 5.71 Å². The Labute approximate surface area is 186 Å². The van der Waals surface area contributed by atoms with Gasteiger partial charge in [-0.15, -0.1) is 0 Å². The van der Waals surface area contributed by atoms with Crippen LogP contribution in [0.5, 0.6) is 0 Å². The van der Waals surface area contributed by atoms with Crippen LogP contribution in [0.2, 0.25) is 0 Å². The number of hydrogen-bond donors (Lipinski definition) is 0. The van der Waals surface area contributed by atoms with E-state index in [0.717, 1.165) is 17.7 Å². The SMILES string of the molecule is Cc1ccc(C2C/C(=N/OCc3ccccc3)C(C)C(c3ccc(C)cc3)N2C)cc1. The van der Waals surface area contributed by atoms with Crippen LogP contribution in [0.25, 0.3) is 0 Å². The lowest BCUT2D eigenvalue weighted by Gasteiger charge is -2.44. The van der Waals surface area contributed by atoms with Crippen molar-refractivity contribution in [3.8, 4) is 0 Å². The van der Waals surface area contributed by atoms with Gasteiger partial charge in [0.15, 0.2) is 0 Å². The summed E-state index contributed by atoms with van der Waals surface area (Å²) in [5.74, 6) is 0.269. The molecule has 1 fully saturated rings. The van der Waals surface area contributed by atoms with E-state index in [1.54, 1.807) is 0 Å². The Kier molecular flexibility index (Phi) is 6.53. The molecule has 3 aromatic carbocycles. The number of aryl methyl sites for hydroxylation is 2.